The summed E-state index contributed by atoms with van der Waals surface area (Å²) in [6.07, 6.45) is 4.10. The largest absolute Gasteiger partial charge is 0.352 e. The molecule has 4 nitrogen and oxygen atoms in total. The summed E-state index contributed by atoms with van der Waals surface area (Å²) in [5.41, 5.74) is 1.14. The van der Waals surface area contributed by atoms with Gasteiger partial charge in [0.05, 0.1) is 5.75 Å². The van der Waals surface area contributed by atoms with Crippen LogP contribution < -0.4 is 5.32 Å². The van der Waals surface area contributed by atoms with Crippen LogP contribution in [0.5, 0.6) is 0 Å². The summed E-state index contributed by atoms with van der Waals surface area (Å²) >= 11 is 13.8. The fraction of sp³-hybridized carbons (Fsp3) is 0.417. The van der Waals surface area contributed by atoms with Crippen molar-refractivity contribution >= 4 is 46.8 Å². The van der Waals surface area contributed by atoms with Gasteiger partial charge < -0.3 is 10.2 Å². The van der Waals surface area contributed by atoms with Crippen LogP contribution in [0.25, 0.3) is 0 Å². The number of hydrogen-bond acceptors (Lipinski definition) is 3. The van der Waals surface area contributed by atoms with E-state index in [0.29, 0.717) is 21.4 Å². The lowest BCUT2D eigenvalue weighted by molar-refractivity contribution is -0.139. The van der Waals surface area contributed by atoms with Gasteiger partial charge in [0.15, 0.2) is 0 Å². The van der Waals surface area contributed by atoms with Crippen LogP contribution in [-0.2, 0) is 21.9 Å². The molecular formula is C24H27Cl2FN2O2S. The Morgan fingerprint density at radius 1 is 1.12 bits per heavy atom. The van der Waals surface area contributed by atoms with Crippen molar-refractivity contribution in [1.82, 2.24) is 10.2 Å². The van der Waals surface area contributed by atoms with Crippen LogP contribution in [-0.4, -0.2) is 34.6 Å². The maximum Gasteiger partial charge on any atom is 0.242 e. The number of benzene rings is 2. The number of halogens is 3. The Kier molecular flexibility index (Phi) is 9.26. The number of thioether (sulfide) groups is 1. The van der Waals surface area contributed by atoms with E-state index < -0.39 is 11.9 Å². The summed E-state index contributed by atoms with van der Waals surface area (Å²) in [6.45, 7) is 1.72. The third-order valence-electron chi connectivity index (χ3n) is 5.70. The van der Waals surface area contributed by atoms with Gasteiger partial charge in [-0.3, -0.25) is 9.59 Å². The predicted molar refractivity (Wildman–Crippen MR) is 129 cm³/mol. The summed E-state index contributed by atoms with van der Waals surface area (Å²) < 4.78 is 14.3. The van der Waals surface area contributed by atoms with E-state index in [1.54, 1.807) is 43.3 Å². The molecule has 0 saturated heterocycles. The van der Waals surface area contributed by atoms with Crippen molar-refractivity contribution in [1.29, 1.82) is 0 Å². The van der Waals surface area contributed by atoms with E-state index in [9.17, 15) is 14.0 Å². The third-order valence-corrected chi connectivity index (χ3v) is 7.35. The molecular weight excluding hydrogens is 470 g/mol. The lowest BCUT2D eigenvalue weighted by Gasteiger charge is -2.30. The number of hydrogen-bond donors (Lipinski definition) is 1. The number of amides is 2. The fourth-order valence-electron chi connectivity index (χ4n) is 3.78. The van der Waals surface area contributed by atoms with Crippen molar-refractivity contribution < 1.29 is 14.0 Å². The molecule has 1 fully saturated rings. The van der Waals surface area contributed by atoms with Crippen molar-refractivity contribution in [3.8, 4) is 0 Å². The van der Waals surface area contributed by atoms with Gasteiger partial charge in [0.2, 0.25) is 11.8 Å². The lowest BCUT2D eigenvalue weighted by Crippen LogP contribution is -2.50. The smallest absolute Gasteiger partial charge is 0.242 e. The lowest BCUT2D eigenvalue weighted by atomic mass is 10.1. The van der Waals surface area contributed by atoms with E-state index in [0.717, 1.165) is 31.2 Å². The van der Waals surface area contributed by atoms with Crippen LogP contribution in [0.2, 0.25) is 10.0 Å². The molecule has 2 amide bonds. The number of nitrogens with zero attached hydrogens (tertiary/aromatic N) is 1. The monoisotopic (exact) mass is 496 g/mol. The summed E-state index contributed by atoms with van der Waals surface area (Å²) in [6, 6.07) is 11.0. The molecule has 0 heterocycles. The summed E-state index contributed by atoms with van der Waals surface area (Å²) in [4.78, 5) is 27.5. The van der Waals surface area contributed by atoms with E-state index >= 15 is 0 Å². The van der Waals surface area contributed by atoms with Gasteiger partial charge in [-0.2, -0.15) is 0 Å². The molecule has 0 spiro atoms. The molecule has 1 aliphatic rings. The average Bonchev–Trinajstić information content (AvgIpc) is 3.27. The first-order chi connectivity index (χ1) is 15.4. The zero-order valence-corrected chi connectivity index (χ0v) is 20.3. The first-order valence-corrected chi connectivity index (χ1v) is 12.6. The molecule has 1 aliphatic carbocycles. The van der Waals surface area contributed by atoms with Gasteiger partial charge in [-0.05, 0) is 43.5 Å². The summed E-state index contributed by atoms with van der Waals surface area (Å²) in [5, 5.41) is 4.14. The molecule has 0 radical (unpaired) electrons. The number of carbonyl (C=O) groups excluding carboxylic acids is 2. The minimum atomic E-state index is -0.716. The normalized spacial score (nSPS) is 14.9. The summed E-state index contributed by atoms with van der Waals surface area (Å²) in [7, 11) is 0. The molecule has 8 heteroatoms. The number of carbonyl (C=O) groups is 2. The quantitative estimate of drug-likeness (QED) is 0.474. The van der Waals surface area contributed by atoms with Gasteiger partial charge >= 0.3 is 0 Å². The molecule has 0 unspecified atom stereocenters. The SMILES string of the molecule is C[C@H](C(=O)NC1CCCC1)N(Cc1ccccc1F)C(=O)CSCc1c(Cl)cccc1Cl. The second-order valence-corrected chi connectivity index (χ2v) is 9.77. The molecule has 3 rings (SSSR count). The van der Waals surface area contributed by atoms with E-state index in [4.69, 9.17) is 23.2 Å². The van der Waals surface area contributed by atoms with E-state index in [-0.39, 0.29) is 30.2 Å². The Morgan fingerprint density at radius 3 is 2.44 bits per heavy atom. The van der Waals surface area contributed by atoms with Crippen molar-refractivity contribution in [3.05, 3.63) is 69.5 Å². The van der Waals surface area contributed by atoms with Crippen LogP contribution in [0.1, 0.15) is 43.7 Å². The van der Waals surface area contributed by atoms with Gasteiger partial charge in [-0.25, -0.2) is 4.39 Å². The van der Waals surface area contributed by atoms with Gasteiger partial charge in [0, 0.05) is 33.9 Å². The first kappa shape index (κ1) is 24.9. The molecule has 1 N–H and O–H groups in total. The number of nitrogens with one attached hydrogen (secondary N) is 1. The number of rotatable bonds is 9. The van der Waals surface area contributed by atoms with Crippen LogP contribution in [0.15, 0.2) is 42.5 Å². The van der Waals surface area contributed by atoms with Crippen molar-refractivity contribution in [2.75, 3.05) is 5.75 Å². The van der Waals surface area contributed by atoms with Crippen LogP contribution in [0.4, 0.5) is 4.39 Å². The Balaban J connectivity index is 1.69. The maximum atomic E-state index is 14.3. The molecule has 1 atom stereocenters. The average molecular weight is 497 g/mol. The van der Waals surface area contributed by atoms with Crippen LogP contribution >= 0.6 is 35.0 Å². The van der Waals surface area contributed by atoms with E-state index in [1.807, 2.05) is 0 Å². The van der Waals surface area contributed by atoms with Gasteiger partial charge in [-0.1, -0.05) is 60.3 Å². The molecule has 0 aromatic heterocycles. The molecule has 32 heavy (non-hydrogen) atoms. The summed E-state index contributed by atoms with van der Waals surface area (Å²) in [5.74, 6) is -0.266. The van der Waals surface area contributed by atoms with Gasteiger partial charge in [0.25, 0.3) is 0 Å². The highest BCUT2D eigenvalue weighted by Gasteiger charge is 2.29. The molecule has 0 aliphatic heterocycles. The highest BCUT2D eigenvalue weighted by Crippen LogP contribution is 2.28. The zero-order chi connectivity index (χ0) is 23.1. The van der Waals surface area contributed by atoms with Crippen molar-refractivity contribution in [3.63, 3.8) is 0 Å². The third kappa shape index (κ3) is 6.63. The topological polar surface area (TPSA) is 49.4 Å². The zero-order valence-electron chi connectivity index (χ0n) is 18.0. The minimum Gasteiger partial charge on any atom is -0.352 e. The predicted octanol–water partition coefficient (Wildman–Crippen LogP) is 5.84. The second-order valence-electron chi connectivity index (χ2n) is 7.97. The second kappa shape index (κ2) is 11.9. The molecule has 1 saturated carbocycles. The minimum absolute atomic E-state index is 0.0260. The maximum absolute atomic E-state index is 14.3. The van der Waals surface area contributed by atoms with Crippen LogP contribution in [0.3, 0.4) is 0 Å². The molecule has 2 aromatic carbocycles. The van der Waals surface area contributed by atoms with Crippen molar-refractivity contribution in [2.24, 2.45) is 0 Å². The van der Waals surface area contributed by atoms with Crippen molar-refractivity contribution in [2.45, 2.75) is 57.0 Å². The Morgan fingerprint density at radius 2 is 1.78 bits per heavy atom. The highest BCUT2D eigenvalue weighted by atomic mass is 35.5. The Hall–Kier alpha value is -1.76. The first-order valence-electron chi connectivity index (χ1n) is 10.7. The Bertz CT molecular complexity index is 933. The molecule has 172 valence electrons. The molecule has 0 bridgehead atoms. The van der Waals surface area contributed by atoms with Crippen LogP contribution in [0, 0.1) is 5.82 Å². The molecule has 2 aromatic rings. The van der Waals surface area contributed by atoms with E-state index in [2.05, 4.69) is 5.32 Å². The van der Waals surface area contributed by atoms with E-state index in [1.165, 1.54) is 22.7 Å². The Labute approximate surface area is 202 Å². The highest BCUT2D eigenvalue weighted by molar-refractivity contribution is 7.99. The van der Waals surface area contributed by atoms with Gasteiger partial charge in [0.1, 0.15) is 11.9 Å². The standard InChI is InChI=1S/C24H27Cl2FN2O2S/c1-16(24(31)28-18-8-3-4-9-18)29(13-17-7-2-5-12-22(17)27)23(30)15-32-14-19-20(25)10-6-11-21(19)26/h2,5-7,10-12,16,18H,3-4,8-9,13-15H2,1H3,(H,28,31)/t16-/m1/s1. The fourth-order valence-corrected chi connectivity index (χ4v) is 5.43. The van der Waals surface area contributed by atoms with Gasteiger partial charge in [-0.15, -0.1) is 11.8 Å².